The molecule has 2 rings (SSSR count). The highest BCUT2D eigenvalue weighted by Crippen LogP contribution is 2.51. The Bertz CT molecular complexity index is 486. The van der Waals surface area contributed by atoms with Crippen molar-refractivity contribution in [1.29, 1.82) is 0 Å². The summed E-state index contributed by atoms with van der Waals surface area (Å²) in [6.07, 6.45) is 0.751. The van der Waals surface area contributed by atoms with Crippen molar-refractivity contribution in [2.24, 2.45) is 5.41 Å². The maximum atomic E-state index is 12.2. The molecular formula is C12H16O3S. The monoisotopic (exact) mass is 240 g/mol. The summed E-state index contributed by atoms with van der Waals surface area (Å²) in [4.78, 5) is 0.392. The lowest BCUT2D eigenvalue weighted by atomic mass is 10.2. The SMILES string of the molecule is COc1ccc(S(=O)(=O)C2CC2(C)C)cc1. The van der Waals surface area contributed by atoms with Gasteiger partial charge in [-0.2, -0.15) is 0 Å². The number of rotatable bonds is 3. The molecule has 16 heavy (non-hydrogen) atoms. The van der Waals surface area contributed by atoms with Gasteiger partial charge < -0.3 is 4.74 Å². The molecule has 0 aromatic heterocycles. The van der Waals surface area contributed by atoms with Crippen molar-refractivity contribution in [1.82, 2.24) is 0 Å². The van der Waals surface area contributed by atoms with Gasteiger partial charge in [0.2, 0.25) is 0 Å². The molecule has 0 spiro atoms. The van der Waals surface area contributed by atoms with E-state index in [9.17, 15) is 8.42 Å². The molecule has 1 saturated carbocycles. The lowest BCUT2D eigenvalue weighted by molar-refractivity contribution is 0.414. The van der Waals surface area contributed by atoms with E-state index in [1.54, 1.807) is 31.4 Å². The zero-order valence-electron chi connectivity index (χ0n) is 9.73. The molecule has 3 nitrogen and oxygen atoms in total. The van der Waals surface area contributed by atoms with Crippen LogP contribution >= 0.6 is 0 Å². The van der Waals surface area contributed by atoms with E-state index in [0.29, 0.717) is 10.6 Å². The topological polar surface area (TPSA) is 43.4 Å². The first-order valence-corrected chi connectivity index (χ1v) is 6.80. The van der Waals surface area contributed by atoms with Crippen LogP contribution in [-0.2, 0) is 9.84 Å². The van der Waals surface area contributed by atoms with E-state index in [-0.39, 0.29) is 10.7 Å². The van der Waals surface area contributed by atoms with Crippen LogP contribution in [0, 0.1) is 5.41 Å². The van der Waals surface area contributed by atoms with Crippen LogP contribution in [0.2, 0.25) is 0 Å². The van der Waals surface area contributed by atoms with Crippen molar-refractivity contribution < 1.29 is 13.2 Å². The zero-order chi connectivity index (χ0) is 12.0. The number of methoxy groups -OCH3 is 1. The molecule has 1 aromatic carbocycles. The fourth-order valence-electron chi connectivity index (χ4n) is 1.88. The van der Waals surface area contributed by atoms with Crippen molar-refractivity contribution in [2.45, 2.75) is 30.4 Å². The second kappa shape index (κ2) is 3.48. The molecule has 0 bridgehead atoms. The summed E-state index contributed by atoms with van der Waals surface area (Å²) in [5.74, 6) is 0.675. The summed E-state index contributed by atoms with van der Waals surface area (Å²) < 4.78 is 29.3. The van der Waals surface area contributed by atoms with E-state index in [1.165, 1.54) is 0 Å². The first-order chi connectivity index (χ1) is 7.38. The third kappa shape index (κ3) is 1.82. The van der Waals surface area contributed by atoms with Gasteiger partial charge in [0.25, 0.3) is 0 Å². The van der Waals surface area contributed by atoms with E-state index in [4.69, 9.17) is 4.74 Å². The Balaban J connectivity index is 2.30. The highest BCUT2D eigenvalue weighted by atomic mass is 32.2. The van der Waals surface area contributed by atoms with Crippen LogP contribution in [0.15, 0.2) is 29.2 Å². The van der Waals surface area contributed by atoms with Crippen LogP contribution in [0.4, 0.5) is 0 Å². The van der Waals surface area contributed by atoms with Gasteiger partial charge in [0.1, 0.15) is 5.75 Å². The summed E-state index contributed by atoms with van der Waals surface area (Å²) in [6.45, 7) is 3.97. The molecule has 1 aliphatic rings. The minimum Gasteiger partial charge on any atom is -0.497 e. The number of benzene rings is 1. The summed E-state index contributed by atoms with van der Waals surface area (Å²) >= 11 is 0. The maximum Gasteiger partial charge on any atom is 0.181 e. The van der Waals surface area contributed by atoms with Crippen LogP contribution in [0.25, 0.3) is 0 Å². The predicted molar refractivity (Wildman–Crippen MR) is 62.4 cm³/mol. The molecule has 0 heterocycles. The second-order valence-electron chi connectivity index (χ2n) is 4.90. The van der Waals surface area contributed by atoms with E-state index in [0.717, 1.165) is 6.42 Å². The Morgan fingerprint density at radius 3 is 2.12 bits per heavy atom. The van der Waals surface area contributed by atoms with Crippen molar-refractivity contribution >= 4 is 9.84 Å². The molecule has 0 amide bonds. The third-order valence-electron chi connectivity index (χ3n) is 3.19. The third-order valence-corrected chi connectivity index (χ3v) is 5.67. The van der Waals surface area contributed by atoms with Gasteiger partial charge >= 0.3 is 0 Å². The van der Waals surface area contributed by atoms with Gasteiger partial charge in [-0.1, -0.05) is 13.8 Å². The molecule has 88 valence electrons. The molecule has 0 N–H and O–H groups in total. The normalized spacial score (nSPS) is 22.8. The minimum atomic E-state index is -3.15. The van der Waals surface area contributed by atoms with Crippen molar-refractivity contribution in [3.05, 3.63) is 24.3 Å². The summed E-state index contributed by atoms with van der Waals surface area (Å²) in [6, 6.07) is 6.59. The Kier molecular flexibility index (Phi) is 2.49. The van der Waals surface area contributed by atoms with Gasteiger partial charge in [-0.15, -0.1) is 0 Å². The number of sulfone groups is 1. The first-order valence-electron chi connectivity index (χ1n) is 5.26. The number of hydrogen-bond acceptors (Lipinski definition) is 3. The quantitative estimate of drug-likeness (QED) is 0.814. The largest absolute Gasteiger partial charge is 0.497 e. The molecule has 1 aromatic rings. The average Bonchev–Trinajstić information content (AvgIpc) is 2.89. The van der Waals surface area contributed by atoms with Gasteiger partial charge in [-0.3, -0.25) is 0 Å². The lowest BCUT2D eigenvalue weighted by Crippen LogP contribution is -2.12. The van der Waals surface area contributed by atoms with Crippen LogP contribution in [0.5, 0.6) is 5.75 Å². The maximum absolute atomic E-state index is 12.2. The number of ether oxygens (including phenoxy) is 1. The molecule has 0 saturated heterocycles. The van der Waals surface area contributed by atoms with Crippen LogP contribution in [-0.4, -0.2) is 20.8 Å². The highest BCUT2D eigenvalue weighted by Gasteiger charge is 2.54. The fraction of sp³-hybridized carbons (Fsp3) is 0.500. The van der Waals surface area contributed by atoms with E-state index in [1.807, 2.05) is 13.8 Å². The predicted octanol–water partition coefficient (Wildman–Crippen LogP) is 2.27. The Labute approximate surface area is 96.4 Å². The van der Waals surface area contributed by atoms with Gasteiger partial charge in [0.05, 0.1) is 17.3 Å². The average molecular weight is 240 g/mol. The smallest absolute Gasteiger partial charge is 0.181 e. The van der Waals surface area contributed by atoms with Gasteiger partial charge in [0.15, 0.2) is 9.84 Å². The molecule has 1 atom stereocenters. The summed E-state index contributed by atoms with van der Waals surface area (Å²) in [5, 5.41) is -0.228. The molecule has 1 fully saturated rings. The zero-order valence-corrected chi connectivity index (χ0v) is 10.5. The van der Waals surface area contributed by atoms with E-state index >= 15 is 0 Å². The molecule has 4 heteroatoms. The van der Waals surface area contributed by atoms with Gasteiger partial charge in [-0.25, -0.2) is 8.42 Å². The fourth-order valence-corrected chi connectivity index (χ4v) is 4.21. The lowest BCUT2D eigenvalue weighted by Gasteiger charge is -2.07. The molecule has 1 unspecified atom stereocenters. The van der Waals surface area contributed by atoms with E-state index in [2.05, 4.69) is 0 Å². The van der Waals surface area contributed by atoms with E-state index < -0.39 is 9.84 Å². The summed E-state index contributed by atoms with van der Waals surface area (Å²) in [5.41, 5.74) is -0.0707. The number of hydrogen-bond donors (Lipinski definition) is 0. The molecular weight excluding hydrogens is 224 g/mol. The Morgan fingerprint density at radius 2 is 1.75 bits per heavy atom. The highest BCUT2D eigenvalue weighted by molar-refractivity contribution is 7.92. The van der Waals surface area contributed by atoms with Gasteiger partial charge in [0, 0.05) is 0 Å². The van der Waals surface area contributed by atoms with Crippen LogP contribution in [0.1, 0.15) is 20.3 Å². The van der Waals surface area contributed by atoms with Crippen LogP contribution < -0.4 is 4.74 Å². The Morgan fingerprint density at radius 1 is 1.25 bits per heavy atom. The molecule has 0 radical (unpaired) electrons. The van der Waals surface area contributed by atoms with Crippen molar-refractivity contribution in [3.63, 3.8) is 0 Å². The minimum absolute atomic E-state index is 0.0707. The van der Waals surface area contributed by atoms with Crippen LogP contribution in [0.3, 0.4) is 0 Å². The van der Waals surface area contributed by atoms with Gasteiger partial charge in [-0.05, 0) is 36.1 Å². The van der Waals surface area contributed by atoms with Crippen molar-refractivity contribution in [3.8, 4) is 5.75 Å². The first kappa shape index (κ1) is 11.5. The molecule has 1 aliphatic carbocycles. The Hall–Kier alpha value is -1.03. The standard InChI is InChI=1S/C12H16O3S/c1-12(2)8-11(12)16(13,14)10-6-4-9(15-3)5-7-10/h4-7,11H,8H2,1-3H3. The van der Waals surface area contributed by atoms with Crippen molar-refractivity contribution in [2.75, 3.05) is 7.11 Å². The molecule has 0 aliphatic heterocycles. The summed E-state index contributed by atoms with van der Waals surface area (Å²) in [7, 11) is -1.59. The second-order valence-corrected chi connectivity index (χ2v) is 7.03.